The van der Waals surface area contributed by atoms with Crippen molar-refractivity contribution in [2.24, 2.45) is 5.92 Å². The number of aromatic nitrogens is 2. The van der Waals surface area contributed by atoms with Crippen molar-refractivity contribution in [3.05, 3.63) is 65.5 Å². The van der Waals surface area contributed by atoms with Gasteiger partial charge in [0.15, 0.2) is 5.78 Å². The summed E-state index contributed by atoms with van der Waals surface area (Å²) >= 11 is 0. The first kappa shape index (κ1) is 21.2. The maximum Gasteiger partial charge on any atom is 0.251 e. The molecule has 0 spiro atoms. The standard InChI is InChI=1S/C23H25N3O4/c1-4-20-25-26-23(30-20)18-9-11-19(12-10-18)29-14-13-24-22(28)17-7-5-16(6-8-17)21(27)15(2)3/h5-12,15H,4,13-14H2,1-3H3,(H,24,28). The number of hydrogen-bond donors (Lipinski definition) is 1. The number of carbonyl (C=O) groups is 2. The first-order valence-corrected chi connectivity index (χ1v) is 9.96. The summed E-state index contributed by atoms with van der Waals surface area (Å²) in [4.78, 5) is 24.2. The number of rotatable bonds is 9. The Balaban J connectivity index is 1.45. The van der Waals surface area contributed by atoms with Crippen LogP contribution in [-0.2, 0) is 6.42 Å². The van der Waals surface area contributed by atoms with Crippen molar-refractivity contribution < 1.29 is 18.7 Å². The molecule has 0 fully saturated rings. The molecule has 1 aromatic heterocycles. The van der Waals surface area contributed by atoms with Crippen LogP contribution in [0.3, 0.4) is 0 Å². The van der Waals surface area contributed by atoms with E-state index in [2.05, 4.69) is 15.5 Å². The highest BCUT2D eigenvalue weighted by Gasteiger charge is 2.12. The Bertz CT molecular complexity index is 992. The predicted octanol–water partition coefficient (Wildman–Crippen LogP) is 3.95. The van der Waals surface area contributed by atoms with Gasteiger partial charge >= 0.3 is 0 Å². The summed E-state index contributed by atoms with van der Waals surface area (Å²) in [6, 6.07) is 14.0. The lowest BCUT2D eigenvalue weighted by atomic mass is 10.00. The van der Waals surface area contributed by atoms with Crippen molar-refractivity contribution in [2.45, 2.75) is 27.2 Å². The minimum absolute atomic E-state index is 0.0614. The largest absolute Gasteiger partial charge is 0.492 e. The number of amides is 1. The second kappa shape index (κ2) is 9.82. The highest BCUT2D eigenvalue weighted by Crippen LogP contribution is 2.21. The SMILES string of the molecule is CCc1nnc(-c2ccc(OCCNC(=O)c3ccc(C(=O)C(C)C)cc3)cc2)o1. The molecule has 3 rings (SSSR count). The van der Waals surface area contributed by atoms with Gasteiger partial charge < -0.3 is 14.5 Å². The van der Waals surface area contributed by atoms with Crippen molar-refractivity contribution in [3.63, 3.8) is 0 Å². The van der Waals surface area contributed by atoms with Gasteiger partial charge in [-0.1, -0.05) is 32.9 Å². The number of Topliss-reactive ketones (excluding diaryl/α,β-unsaturated/α-hetero) is 1. The molecule has 3 aromatic rings. The summed E-state index contributed by atoms with van der Waals surface area (Å²) in [6.45, 7) is 6.34. The van der Waals surface area contributed by atoms with Crippen LogP contribution < -0.4 is 10.1 Å². The van der Waals surface area contributed by atoms with Crippen LogP contribution >= 0.6 is 0 Å². The van der Waals surface area contributed by atoms with E-state index in [4.69, 9.17) is 9.15 Å². The van der Waals surface area contributed by atoms with Crippen LogP contribution in [-0.4, -0.2) is 35.0 Å². The molecule has 30 heavy (non-hydrogen) atoms. The first-order valence-electron chi connectivity index (χ1n) is 9.96. The van der Waals surface area contributed by atoms with Crippen LogP contribution in [0, 0.1) is 5.92 Å². The number of hydrogen-bond acceptors (Lipinski definition) is 6. The monoisotopic (exact) mass is 407 g/mol. The van der Waals surface area contributed by atoms with E-state index in [-0.39, 0.29) is 17.6 Å². The number of carbonyl (C=O) groups excluding carboxylic acids is 2. The van der Waals surface area contributed by atoms with Gasteiger partial charge in [-0.05, 0) is 36.4 Å². The van der Waals surface area contributed by atoms with Crippen molar-refractivity contribution in [3.8, 4) is 17.2 Å². The second-order valence-corrected chi connectivity index (χ2v) is 7.08. The molecule has 156 valence electrons. The zero-order chi connectivity index (χ0) is 21.5. The van der Waals surface area contributed by atoms with Gasteiger partial charge in [-0.25, -0.2) is 0 Å². The minimum Gasteiger partial charge on any atom is -0.492 e. The Morgan fingerprint density at radius 3 is 2.27 bits per heavy atom. The highest BCUT2D eigenvalue weighted by atomic mass is 16.5. The van der Waals surface area contributed by atoms with Gasteiger partial charge in [0.1, 0.15) is 12.4 Å². The number of nitrogens with one attached hydrogen (secondary N) is 1. The molecule has 0 unspecified atom stereocenters. The van der Waals surface area contributed by atoms with Crippen LogP contribution in [0.25, 0.3) is 11.5 Å². The predicted molar refractivity (Wildman–Crippen MR) is 113 cm³/mol. The van der Waals surface area contributed by atoms with E-state index in [1.165, 1.54) is 0 Å². The smallest absolute Gasteiger partial charge is 0.251 e. The molecule has 1 heterocycles. The van der Waals surface area contributed by atoms with Gasteiger partial charge in [-0.2, -0.15) is 0 Å². The zero-order valence-electron chi connectivity index (χ0n) is 17.3. The molecule has 0 aliphatic heterocycles. The van der Waals surface area contributed by atoms with Crippen molar-refractivity contribution in [1.82, 2.24) is 15.5 Å². The molecule has 0 aliphatic rings. The third-order valence-electron chi connectivity index (χ3n) is 4.48. The van der Waals surface area contributed by atoms with Crippen LogP contribution in [0.5, 0.6) is 5.75 Å². The lowest BCUT2D eigenvalue weighted by molar-refractivity contribution is 0.0931. The summed E-state index contributed by atoms with van der Waals surface area (Å²) in [6.07, 6.45) is 0.695. The normalized spacial score (nSPS) is 10.8. The Labute approximate surface area is 175 Å². The number of nitrogens with zero attached hydrogens (tertiary/aromatic N) is 2. The molecule has 0 bridgehead atoms. The van der Waals surface area contributed by atoms with Crippen LogP contribution in [0.1, 0.15) is 47.4 Å². The van der Waals surface area contributed by atoms with E-state index in [0.29, 0.717) is 48.2 Å². The van der Waals surface area contributed by atoms with E-state index in [1.54, 1.807) is 24.3 Å². The molecule has 2 aromatic carbocycles. The minimum atomic E-state index is -0.208. The molecule has 7 nitrogen and oxygen atoms in total. The Morgan fingerprint density at radius 2 is 1.67 bits per heavy atom. The van der Waals surface area contributed by atoms with Crippen LogP contribution in [0.15, 0.2) is 52.9 Å². The first-order chi connectivity index (χ1) is 14.5. The van der Waals surface area contributed by atoms with Gasteiger partial charge in [0.2, 0.25) is 11.8 Å². The molecular formula is C23H25N3O4. The van der Waals surface area contributed by atoms with E-state index < -0.39 is 0 Å². The lowest BCUT2D eigenvalue weighted by Crippen LogP contribution is -2.28. The molecule has 1 N–H and O–H groups in total. The average molecular weight is 407 g/mol. The van der Waals surface area contributed by atoms with E-state index in [9.17, 15) is 9.59 Å². The maximum absolute atomic E-state index is 12.2. The summed E-state index contributed by atoms with van der Waals surface area (Å²) in [7, 11) is 0. The fraction of sp³-hybridized carbons (Fsp3) is 0.304. The maximum atomic E-state index is 12.2. The van der Waals surface area contributed by atoms with E-state index in [1.807, 2.05) is 45.0 Å². The third-order valence-corrected chi connectivity index (χ3v) is 4.48. The van der Waals surface area contributed by atoms with Crippen molar-refractivity contribution >= 4 is 11.7 Å². The zero-order valence-corrected chi connectivity index (χ0v) is 17.3. The Hall–Kier alpha value is -3.48. The molecule has 7 heteroatoms. The fourth-order valence-corrected chi connectivity index (χ4v) is 2.76. The van der Waals surface area contributed by atoms with Gasteiger partial charge in [-0.3, -0.25) is 9.59 Å². The number of ketones is 1. The van der Waals surface area contributed by atoms with Crippen LogP contribution in [0.4, 0.5) is 0 Å². The number of ether oxygens (including phenoxy) is 1. The fourth-order valence-electron chi connectivity index (χ4n) is 2.76. The highest BCUT2D eigenvalue weighted by molar-refractivity contribution is 5.99. The molecule has 1 amide bonds. The van der Waals surface area contributed by atoms with Gasteiger partial charge in [-0.15, -0.1) is 10.2 Å². The Morgan fingerprint density at radius 1 is 1.00 bits per heavy atom. The summed E-state index contributed by atoms with van der Waals surface area (Å²) < 4.78 is 11.2. The molecule has 0 saturated heterocycles. The van der Waals surface area contributed by atoms with Crippen molar-refractivity contribution in [1.29, 1.82) is 0 Å². The lowest BCUT2D eigenvalue weighted by Gasteiger charge is -2.09. The molecule has 0 aliphatic carbocycles. The van der Waals surface area contributed by atoms with E-state index >= 15 is 0 Å². The van der Waals surface area contributed by atoms with Crippen molar-refractivity contribution in [2.75, 3.05) is 13.2 Å². The van der Waals surface area contributed by atoms with Crippen LogP contribution in [0.2, 0.25) is 0 Å². The van der Waals surface area contributed by atoms with Gasteiger partial charge in [0.05, 0.1) is 6.54 Å². The summed E-state index contributed by atoms with van der Waals surface area (Å²) in [5, 5.41) is 10.8. The topological polar surface area (TPSA) is 94.3 Å². The average Bonchev–Trinajstić information content (AvgIpc) is 3.26. The molecule has 0 saturated carbocycles. The Kier molecular flexibility index (Phi) is 6.95. The molecular weight excluding hydrogens is 382 g/mol. The number of benzene rings is 2. The molecule has 0 atom stereocenters. The number of aryl methyl sites for hydroxylation is 1. The molecule has 0 radical (unpaired) electrons. The second-order valence-electron chi connectivity index (χ2n) is 7.08. The summed E-state index contributed by atoms with van der Waals surface area (Å²) in [5.74, 6) is 1.54. The van der Waals surface area contributed by atoms with Gasteiger partial charge in [0, 0.05) is 29.0 Å². The summed E-state index contributed by atoms with van der Waals surface area (Å²) in [5.41, 5.74) is 1.94. The van der Waals surface area contributed by atoms with E-state index in [0.717, 1.165) is 5.56 Å². The quantitative estimate of drug-likeness (QED) is 0.426. The van der Waals surface area contributed by atoms with Gasteiger partial charge in [0.25, 0.3) is 5.91 Å². The third kappa shape index (κ3) is 5.31.